The van der Waals surface area contributed by atoms with Crippen molar-refractivity contribution in [2.75, 3.05) is 6.54 Å². The molecule has 2 heterocycles. The van der Waals surface area contributed by atoms with Crippen LogP contribution in [0, 0.1) is 19.8 Å². The van der Waals surface area contributed by atoms with Crippen LogP contribution in [0.15, 0.2) is 24.3 Å². The Kier molecular flexibility index (Phi) is 5.18. The molecule has 0 saturated heterocycles. The summed E-state index contributed by atoms with van der Waals surface area (Å²) < 4.78 is 2.14. The molecule has 0 aliphatic carbocycles. The highest BCUT2D eigenvalue weighted by Crippen LogP contribution is 2.20. The van der Waals surface area contributed by atoms with Gasteiger partial charge in [0, 0.05) is 19.5 Å². The fraction of sp³-hybridized carbons (Fsp3) is 0.421. The van der Waals surface area contributed by atoms with Crippen molar-refractivity contribution in [2.24, 2.45) is 5.92 Å². The number of rotatable bonds is 6. The Morgan fingerprint density at radius 2 is 2.00 bits per heavy atom. The van der Waals surface area contributed by atoms with Gasteiger partial charge in [-0.15, -0.1) is 11.3 Å². The van der Waals surface area contributed by atoms with E-state index in [4.69, 9.17) is 0 Å². The highest BCUT2D eigenvalue weighted by Gasteiger charge is 2.16. The molecule has 25 heavy (non-hydrogen) atoms. The Morgan fingerprint density at radius 3 is 2.76 bits per heavy atom. The van der Waals surface area contributed by atoms with Crippen LogP contribution in [0.25, 0.3) is 11.0 Å². The van der Waals surface area contributed by atoms with Gasteiger partial charge in [-0.05, 0) is 31.9 Å². The summed E-state index contributed by atoms with van der Waals surface area (Å²) in [6, 6.07) is 8.06. The fourth-order valence-electron chi connectivity index (χ4n) is 2.94. The smallest absolute Gasteiger partial charge is 0.263 e. The van der Waals surface area contributed by atoms with Gasteiger partial charge in [0.25, 0.3) is 5.91 Å². The number of hydrogen-bond acceptors (Lipinski definition) is 4. The van der Waals surface area contributed by atoms with Gasteiger partial charge < -0.3 is 9.88 Å². The van der Waals surface area contributed by atoms with E-state index < -0.39 is 0 Å². The maximum Gasteiger partial charge on any atom is 0.263 e. The number of hydrogen-bond donors (Lipinski definition) is 1. The molecule has 1 aromatic carbocycles. The molecule has 0 saturated carbocycles. The van der Waals surface area contributed by atoms with Gasteiger partial charge in [0.15, 0.2) is 0 Å². The molecular weight excluding hydrogens is 332 g/mol. The molecule has 0 aliphatic heterocycles. The number of nitrogens with one attached hydrogen (secondary N) is 1. The second-order valence-corrected chi connectivity index (χ2v) is 7.76. The summed E-state index contributed by atoms with van der Waals surface area (Å²) in [6.45, 7) is 9.49. The van der Waals surface area contributed by atoms with E-state index in [0.717, 1.165) is 38.9 Å². The van der Waals surface area contributed by atoms with E-state index in [1.165, 1.54) is 11.3 Å². The monoisotopic (exact) mass is 356 g/mol. The molecule has 1 amide bonds. The van der Waals surface area contributed by atoms with E-state index in [9.17, 15) is 4.79 Å². The molecular formula is C19H24N4OS. The number of carbonyl (C=O) groups is 1. The maximum absolute atomic E-state index is 12.5. The van der Waals surface area contributed by atoms with Crippen LogP contribution in [0.5, 0.6) is 0 Å². The van der Waals surface area contributed by atoms with Crippen molar-refractivity contribution in [2.45, 2.75) is 40.7 Å². The second kappa shape index (κ2) is 7.35. The zero-order valence-electron chi connectivity index (χ0n) is 15.2. The average molecular weight is 356 g/mol. The number of thiazole rings is 1. The predicted octanol–water partition coefficient (Wildman–Crippen LogP) is 3.74. The van der Waals surface area contributed by atoms with E-state index in [0.29, 0.717) is 19.0 Å². The fourth-order valence-corrected chi connectivity index (χ4v) is 4.13. The van der Waals surface area contributed by atoms with E-state index in [-0.39, 0.29) is 5.91 Å². The molecule has 0 spiro atoms. The summed E-state index contributed by atoms with van der Waals surface area (Å²) in [4.78, 5) is 22.3. The topological polar surface area (TPSA) is 59.8 Å². The first-order valence-corrected chi connectivity index (χ1v) is 9.43. The molecule has 0 atom stereocenters. The molecule has 3 rings (SSSR count). The number of aryl methyl sites for hydroxylation is 2. The third kappa shape index (κ3) is 3.90. The Bertz CT molecular complexity index is 894. The van der Waals surface area contributed by atoms with Gasteiger partial charge in [-0.25, -0.2) is 9.97 Å². The van der Waals surface area contributed by atoms with Crippen LogP contribution in [-0.2, 0) is 13.0 Å². The predicted molar refractivity (Wildman–Crippen MR) is 102 cm³/mol. The van der Waals surface area contributed by atoms with Crippen LogP contribution in [0.1, 0.15) is 40.0 Å². The molecule has 0 unspecified atom stereocenters. The lowest BCUT2D eigenvalue weighted by molar-refractivity contribution is 0.0955. The van der Waals surface area contributed by atoms with Crippen molar-refractivity contribution in [3.63, 3.8) is 0 Å². The minimum absolute atomic E-state index is 0.0351. The lowest BCUT2D eigenvalue weighted by Crippen LogP contribution is -2.27. The first-order valence-electron chi connectivity index (χ1n) is 8.62. The number of fused-ring (bicyclic) bond motifs is 1. The molecule has 3 aromatic rings. The molecule has 2 aromatic heterocycles. The summed E-state index contributed by atoms with van der Waals surface area (Å²) in [5.74, 6) is 1.47. The van der Waals surface area contributed by atoms with Crippen molar-refractivity contribution < 1.29 is 4.79 Å². The van der Waals surface area contributed by atoms with Crippen LogP contribution in [0.2, 0.25) is 0 Å². The third-order valence-electron chi connectivity index (χ3n) is 4.10. The first-order chi connectivity index (χ1) is 12.0. The van der Waals surface area contributed by atoms with Crippen LogP contribution in [0.4, 0.5) is 0 Å². The Labute approximate surface area is 152 Å². The van der Waals surface area contributed by atoms with Crippen molar-refractivity contribution >= 4 is 28.3 Å². The maximum atomic E-state index is 12.5. The Balaban J connectivity index is 1.64. The SMILES string of the molecule is Cc1nc(CC(C)C)sc1C(=O)NCCn1c(C)nc2ccccc21. The van der Waals surface area contributed by atoms with Crippen molar-refractivity contribution in [3.8, 4) is 0 Å². The van der Waals surface area contributed by atoms with Crippen molar-refractivity contribution in [1.29, 1.82) is 0 Å². The highest BCUT2D eigenvalue weighted by molar-refractivity contribution is 7.13. The lowest BCUT2D eigenvalue weighted by Gasteiger charge is -2.08. The van der Waals surface area contributed by atoms with Crippen LogP contribution in [0.3, 0.4) is 0 Å². The number of imidazole rings is 1. The zero-order valence-corrected chi connectivity index (χ0v) is 16.0. The molecule has 0 bridgehead atoms. The van der Waals surface area contributed by atoms with Gasteiger partial charge in [-0.3, -0.25) is 4.79 Å². The van der Waals surface area contributed by atoms with Gasteiger partial charge in [-0.1, -0.05) is 26.0 Å². The minimum Gasteiger partial charge on any atom is -0.349 e. The van der Waals surface area contributed by atoms with Crippen molar-refractivity contribution in [1.82, 2.24) is 19.9 Å². The molecule has 1 N–H and O–H groups in total. The number of para-hydroxylation sites is 2. The Morgan fingerprint density at radius 1 is 1.24 bits per heavy atom. The van der Waals surface area contributed by atoms with E-state index in [1.54, 1.807) is 0 Å². The van der Waals surface area contributed by atoms with E-state index >= 15 is 0 Å². The van der Waals surface area contributed by atoms with Gasteiger partial charge in [0.1, 0.15) is 10.7 Å². The summed E-state index contributed by atoms with van der Waals surface area (Å²) in [7, 11) is 0. The summed E-state index contributed by atoms with van der Waals surface area (Å²) in [6.07, 6.45) is 0.916. The summed E-state index contributed by atoms with van der Waals surface area (Å²) in [5.41, 5.74) is 2.91. The molecule has 0 fully saturated rings. The van der Waals surface area contributed by atoms with Crippen LogP contribution in [-0.4, -0.2) is 27.0 Å². The quantitative estimate of drug-likeness (QED) is 0.732. The largest absolute Gasteiger partial charge is 0.349 e. The van der Waals surface area contributed by atoms with Gasteiger partial charge >= 0.3 is 0 Å². The van der Waals surface area contributed by atoms with Crippen molar-refractivity contribution in [3.05, 3.63) is 45.7 Å². The summed E-state index contributed by atoms with van der Waals surface area (Å²) in [5, 5.41) is 4.06. The first kappa shape index (κ1) is 17.6. The molecule has 132 valence electrons. The molecule has 5 nitrogen and oxygen atoms in total. The average Bonchev–Trinajstić information content (AvgIpc) is 3.06. The highest BCUT2D eigenvalue weighted by atomic mass is 32.1. The number of benzene rings is 1. The van der Waals surface area contributed by atoms with Gasteiger partial charge in [0.05, 0.1) is 21.7 Å². The number of aromatic nitrogens is 3. The van der Waals surface area contributed by atoms with Crippen LogP contribution >= 0.6 is 11.3 Å². The lowest BCUT2D eigenvalue weighted by atomic mass is 10.1. The van der Waals surface area contributed by atoms with E-state index in [1.807, 2.05) is 32.0 Å². The molecule has 0 radical (unpaired) electrons. The standard InChI is InChI=1S/C19H24N4OS/c1-12(2)11-17-21-13(3)18(25-17)19(24)20-9-10-23-14(4)22-15-7-5-6-8-16(15)23/h5-8,12H,9-11H2,1-4H3,(H,20,24). The van der Waals surface area contributed by atoms with Gasteiger partial charge in [0.2, 0.25) is 0 Å². The van der Waals surface area contributed by atoms with Gasteiger partial charge in [-0.2, -0.15) is 0 Å². The number of amides is 1. The van der Waals surface area contributed by atoms with E-state index in [2.05, 4.69) is 39.8 Å². The minimum atomic E-state index is -0.0351. The molecule has 0 aliphatic rings. The summed E-state index contributed by atoms with van der Waals surface area (Å²) >= 11 is 1.51. The zero-order chi connectivity index (χ0) is 18.0. The normalized spacial score (nSPS) is 11.4. The third-order valence-corrected chi connectivity index (χ3v) is 5.27. The number of carbonyl (C=O) groups excluding carboxylic acids is 1. The number of nitrogens with zero attached hydrogens (tertiary/aromatic N) is 3. The Hall–Kier alpha value is -2.21. The van der Waals surface area contributed by atoms with Crippen LogP contribution < -0.4 is 5.32 Å². The molecule has 6 heteroatoms. The second-order valence-electron chi connectivity index (χ2n) is 6.68.